The van der Waals surface area contributed by atoms with Crippen LogP contribution < -0.4 is 10.1 Å². The molecule has 1 atom stereocenters. The third kappa shape index (κ3) is 4.79. The Kier molecular flexibility index (Phi) is 6.73. The maximum Gasteiger partial charge on any atom is 0.242 e. The molecule has 0 radical (unpaired) electrons. The third-order valence-electron chi connectivity index (χ3n) is 4.81. The van der Waals surface area contributed by atoms with Crippen LogP contribution in [0.1, 0.15) is 23.1 Å². The van der Waals surface area contributed by atoms with Gasteiger partial charge in [-0.25, -0.2) is 4.99 Å². The van der Waals surface area contributed by atoms with Gasteiger partial charge in [-0.2, -0.15) is 0 Å². The average Bonchev–Trinajstić information content (AvgIpc) is 2.93. The summed E-state index contributed by atoms with van der Waals surface area (Å²) in [5.41, 5.74) is 4.47. The van der Waals surface area contributed by atoms with Crippen molar-refractivity contribution in [2.45, 2.75) is 32.4 Å². The molecule has 1 aliphatic heterocycles. The van der Waals surface area contributed by atoms with Crippen LogP contribution in [0.3, 0.4) is 0 Å². The van der Waals surface area contributed by atoms with Crippen LogP contribution in [0.15, 0.2) is 35.3 Å². The highest BCUT2D eigenvalue weighted by Gasteiger charge is 2.37. The first kappa shape index (κ1) is 22.2. The smallest absolute Gasteiger partial charge is 0.242 e. The molecule has 1 N–H and O–H groups in total. The second-order valence-corrected chi connectivity index (χ2v) is 8.85. The largest absolute Gasteiger partial charge is 0.494 e. The number of nitrogens with one attached hydrogen (secondary N) is 1. The summed E-state index contributed by atoms with van der Waals surface area (Å²) in [6, 6.07) is 9.16. The molecule has 0 aromatic heterocycles. The zero-order valence-corrected chi connectivity index (χ0v) is 19.1. The van der Waals surface area contributed by atoms with Crippen molar-refractivity contribution in [1.82, 2.24) is 4.90 Å². The Morgan fingerprint density at radius 1 is 1.23 bits per heavy atom. The molecule has 2 aromatic carbocycles. The van der Waals surface area contributed by atoms with Gasteiger partial charge >= 0.3 is 0 Å². The number of rotatable bonds is 5. The lowest BCUT2D eigenvalue weighted by Gasteiger charge is -2.14. The first-order valence-corrected chi connectivity index (χ1v) is 10.7. The Balaban J connectivity index is 1.75. The van der Waals surface area contributed by atoms with E-state index >= 15 is 0 Å². The van der Waals surface area contributed by atoms with Gasteiger partial charge in [-0.3, -0.25) is 14.5 Å². The monoisotopic (exact) mass is 445 g/mol. The summed E-state index contributed by atoms with van der Waals surface area (Å²) in [7, 11) is 3.20. The zero-order valence-electron chi connectivity index (χ0n) is 17.6. The predicted octanol–water partition coefficient (Wildman–Crippen LogP) is 4.86. The van der Waals surface area contributed by atoms with Crippen molar-refractivity contribution in [3.8, 4) is 5.75 Å². The second-order valence-electron chi connectivity index (χ2n) is 7.24. The number of nitrogens with zero attached hydrogens (tertiary/aromatic N) is 2. The quantitative estimate of drug-likeness (QED) is 0.713. The molecule has 1 aliphatic rings. The van der Waals surface area contributed by atoms with Crippen LogP contribution in [-0.4, -0.2) is 41.3 Å². The van der Waals surface area contributed by atoms with Gasteiger partial charge in [-0.1, -0.05) is 41.1 Å². The number of anilines is 1. The van der Waals surface area contributed by atoms with E-state index in [0.717, 1.165) is 22.4 Å². The van der Waals surface area contributed by atoms with Crippen LogP contribution in [0.2, 0.25) is 5.02 Å². The minimum Gasteiger partial charge on any atom is -0.494 e. The fourth-order valence-electron chi connectivity index (χ4n) is 3.39. The molecule has 30 heavy (non-hydrogen) atoms. The molecule has 2 aromatic rings. The molecule has 6 nitrogen and oxygen atoms in total. The molecule has 1 fully saturated rings. The average molecular weight is 446 g/mol. The Morgan fingerprint density at radius 3 is 2.53 bits per heavy atom. The number of aryl methyl sites for hydroxylation is 3. The van der Waals surface area contributed by atoms with E-state index in [9.17, 15) is 9.59 Å². The van der Waals surface area contributed by atoms with Crippen molar-refractivity contribution in [2.24, 2.45) is 4.99 Å². The van der Waals surface area contributed by atoms with Gasteiger partial charge < -0.3 is 10.1 Å². The summed E-state index contributed by atoms with van der Waals surface area (Å²) in [6.45, 7) is 5.94. The standard InChI is InChI=1S/C22H24ClN3O3S/c1-12-8-13(2)20(14(3)9-12)25-19(27)11-18-21(28)26(4)22(30-18)24-16-10-15(23)6-7-17(16)29-5/h6-10,18H,11H2,1-5H3,(H,25,27)/t18-/m0/s1. The van der Waals surface area contributed by atoms with Crippen LogP contribution in [0.4, 0.5) is 11.4 Å². The number of methoxy groups -OCH3 is 1. The van der Waals surface area contributed by atoms with Crippen LogP contribution >= 0.6 is 23.4 Å². The Labute approximate surface area is 185 Å². The van der Waals surface area contributed by atoms with Crippen LogP contribution in [0.25, 0.3) is 0 Å². The number of hydrogen-bond donors (Lipinski definition) is 1. The van der Waals surface area contributed by atoms with E-state index in [1.807, 2.05) is 32.9 Å². The van der Waals surface area contributed by atoms with Crippen molar-refractivity contribution in [1.29, 1.82) is 0 Å². The molecule has 1 saturated heterocycles. The summed E-state index contributed by atoms with van der Waals surface area (Å²) < 4.78 is 5.32. The number of amidine groups is 1. The number of thioether (sulfide) groups is 1. The maximum atomic E-state index is 12.7. The molecule has 0 bridgehead atoms. The van der Waals surface area contributed by atoms with Gasteiger partial charge in [0.25, 0.3) is 0 Å². The maximum absolute atomic E-state index is 12.7. The summed E-state index contributed by atoms with van der Waals surface area (Å²) in [5, 5.41) is 3.44. The van der Waals surface area contributed by atoms with E-state index in [2.05, 4.69) is 10.3 Å². The number of benzene rings is 2. The molecule has 1 heterocycles. The molecule has 0 saturated carbocycles. The topological polar surface area (TPSA) is 71.0 Å². The van der Waals surface area contributed by atoms with E-state index in [4.69, 9.17) is 16.3 Å². The lowest BCUT2D eigenvalue weighted by Crippen LogP contribution is -2.30. The fraction of sp³-hybridized carbons (Fsp3) is 0.318. The van der Waals surface area contributed by atoms with Crippen molar-refractivity contribution in [3.63, 3.8) is 0 Å². The zero-order chi connectivity index (χ0) is 22.0. The van der Waals surface area contributed by atoms with Crippen LogP contribution in [-0.2, 0) is 9.59 Å². The highest BCUT2D eigenvalue weighted by molar-refractivity contribution is 8.15. The molecule has 2 amide bonds. The van der Waals surface area contributed by atoms with Gasteiger partial charge in [0.2, 0.25) is 11.8 Å². The first-order chi connectivity index (χ1) is 14.2. The molecule has 3 rings (SSSR count). The molecular weight excluding hydrogens is 422 g/mol. The van der Waals surface area contributed by atoms with E-state index in [-0.39, 0.29) is 18.2 Å². The lowest BCUT2D eigenvalue weighted by molar-refractivity contribution is -0.127. The van der Waals surface area contributed by atoms with Crippen molar-refractivity contribution in [2.75, 3.05) is 19.5 Å². The number of halogens is 1. The van der Waals surface area contributed by atoms with Crippen LogP contribution in [0, 0.1) is 20.8 Å². The highest BCUT2D eigenvalue weighted by Crippen LogP contribution is 2.35. The van der Waals surface area contributed by atoms with Gasteiger partial charge in [-0.15, -0.1) is 0 Å². The summed E-state index contributed by atoms with van der Waals surface area (Å²) in [4.78, 5) is 31.3. The summed E-state index contributed by atoms with van der Waals surface area (Å²) in [6.07, 6.45) is 0.0618. The highest BCUT2D eigenvalue weighted by atomic mass is 35.5. The summed E-state index contributed by atoms with van der Waals surface area (Å²) >= 11 is 7.33. The van der Waals surface area contributed by atoms with Gasteiger partial charge in [0, 0.05) is 24.2 Å². The first-order valence-electron chi connectivity index (χ1n) is 9.43. The van der Waals surface area contributed by atoms with Crippen molar-refractivity contribution >= 4 is 51.7 Å². The number of aliphatic imine (C=N–C) groups is 1. The lowest BCUT2D eigenvalue weighted by atomic mass is 10.0. The molecular formula is C22H24ClN3O3S. The summed E-state index contributed by atoms with van der Waals surface area (Å²) in [5.74, 6) is 0.193. The Hall–Kier alpha value is -2.51. The van der Waals surface area contributed by atoms with E-state index < -0.39 is 5.25 Å². The number of amides is 2. The Morgan fingerprint density at radius 2 is 1.90 bits per heavy atom. The molecule has 158 valence electrons. The fourth-order valence-corrected chi connectivity index (χ4v) is 4.70. The van der Waals surface area contributed by atoms with E-state index in [1.54, 1.807) is 32.4 Å². The molecule has 0 spiro atoms. The van der Waals surface area contributed by atoms with Crippen LogP contribution in [0.5, 0.6) is 5.75 Å². The number of carbonyl (C=O) groups excluding carboxylic acids is 2. The molecule has 8 heteroatoms. The molecule has 0 unspecified atom stereocenters. The van der Waals surface area contributed by atoms with Crippen molar-refractivity contribution < 1.29 is 14.3 Å². The SMILES string of the molecule is COc1ccc(Cl)cc1N=C1S[C@@H](CC(=O)Nc2c(C)cc(C)cc2C)C(=O)N1C. The van der Waals surface area contributed by atoms with Gasteiger partial charge in [0.05, 0.1) is 7.11 Å². The molecule has 0 aliphatic carbocycles. The van der Waals surface area contributed by atoms with Gasteiger partial charge in [0.15, 0.2) is 5.17 Å². The normalized spacial score (nSPS) is 17.5. The second kappa shape index (κ2) is 9.10. The van der Waals surface area contributed by atoms with E-state index in [1.165, 1.54) is 16.7 Å². The third-order valence-corrected chi connectivity index (χ3v) is 6.27. The van der Waals surface area contributed by atoms with Crippen molar-refractivity contribution in [3.05, 3.63) is 52.0 Å². The number of ether oxygens (including phenoxy) is 1. The minimum absolute atomic E-state index is 0.0618. The Bertz CT molecular complexity index is 1020. The predicted molar refractivity (Wildman–Crippen MR) is 123 cm³/mol. The number of hydrogen-bond acceptors (Lipinski definition) is 5. The minimum atomic E-state index is -0.537. The van der Waals surface area contributed by atoms with E-state index in [0.29, 0.717) is 21.6 Å². The number of carbonyl (C=O) groups is 2. The van der Waals surface area contributed by atoms with Gasteiger partial charge in [0.1, 0.15) is 16.7 Å². The van der Waals surface area contributed by atoms with Gasteiger partial charge in [-0.05, 0) is 50.1 Å².